The number of halogens is 5. The van der Waals surface area contributed by atoms with Gasteiger partial charge in [-0.05, 0) is 23.8 Å². The Balaban J connectivity index is 2.27. The van der Waals surface area contributed by atoms with Crippen LogP contribution in [0.2, 0.25) is 10.0 Å². The van der Waals surface area contributed by atoms with E-state index in [1.807, 2.05) is 0 Å². The maximum atomic E-state index is 12.4. The van der Waals surface area contributed by atoms with Gasteiger partial charge in [-0.1, -0.05) is 47.5 Å². The SMILES string of the molecule is O=S(=O)(NCc1cccc(Cl)c1Cl)c1ccccc1OC(F)(F)F. The minimum absolute atomic E-state index is 0.154. The molecule has 0 fully saturated rings. The second-order valence-electron chi connectivity index (χ2n) is 4.53. The average molecular weight is 400 g/mol. The molecule has 0 saturated heterocycles. The molecule has 0 atom stereocenters. The van der Waals surface area contributed by atoms with E-state index in [4.69, 9.17) is 23.2 Å². The second-order valence-corrected chi connectivity index (χ2v) is 7.05. The zero-order chi connectivity index (χ0) is 18.0. The van der Waals surface area contributed by atoms with Crippen LogP contribution in [-0.2, 0) is 16.6 Å². The first-order chi connectivity index (χ1) is 11.1. The molecular weight excluding hydrogens is 390 g/mol. The lowest BCUT2D eigenvalue weighted by Gasteiger charge is -2.14. The standard InChI is InChI=1S/C14H10Cl2F3NO3S/c15-10-5-3-4-9(13(10)16)8-20-24(21,22)12-7-2-1-6-11(12)23-14(17,18)19/h1-7,20H,8H2. The van der Waals surface area contributed by atoms with Gasteiger partial charge in [-0.25, -0.2) is 13.1 Å². The van der Waals surface area contributed by atoms with E-state index in [1.165, 1.54) is 24.3 Å². The van der Waals surface area contributed by atoms with E-state index in [9.17, 15) is 21.6 Å². The number of nitrogens with one attached hydrogen (secondary N) is 1. The van der Waals surface area contributed by atoms with Crippen molar-refractivity contribution in [3.8, 4) is 5.75 Å². The van der Waals surface area contributed by atoms with Gasteiger partial charge in [0.1, 0.15) is 10.6 Å². The monoisotopic (exact) mass is 399 g/mol. The fourth-order valence-corrected chi connectivity index (χ4v) is 3.34. The molecule has 0 aliphatic heterocycles. The van der Waals surface area contributed by atoms with E-state index in [0.717, 1.165) is 12.1 Å². The van der Waals surface area contributed by atoms with Crippen LogP contribution in [-0.4, -0.2) is 14.8 Å². The van der Waals surface area contributed by atoms with Crippen LogP contribution < -0.4 is 9.46 Å². The number of benzene rings is 2. The minimum Gasteiger partial charge on any atom is -0.404 e. The number of rotatable bonds is 5. The van der Waals surface area contributed by atoms with Gasteiger partial charge in [0.15, 0.2) is 0 Å². The quantitative estimate of drug-likeness (QED) is 0.811. The molecule has 2 aromatic carbocycles. The summed E-state index contributed by atoms with van der Waals surface area (Å²) in [7, 11) is -4.27. The normalized spacial score (nSPS) is 12.2. The minimum atomic E-state index is -5.01. The zero-order valence-electron chi connectivity index (χ0n) is 11.8. The van der Waals surface area contributed by atoms with Gasteiger partial charge in [-0.2, -0.15) is 0 Å². The lowest BCUT2D eigenvalue weighted by atomic mass is 10.2. The first-order valence-corrected chi connectivity index (χ1v) is 8.61. The topological polar surface area (TPSA) is 55.4 Å². The number of hydrogen-bond acceptors (Lipinski definition) is 3. The molecule has 0 spiro atoms. The van der Waals surface area contributed by atoms with E-state index in [2.05, 4.69) is 9.46 Å². The van der Waals surface area contributed by atoms with Crippen LogP contribution in [0.3, 0.4) is 0 Å². The third kappa shape index (κ3) is 4.76. The van der Waals surface area contributed by atoms with Crippen molar-refractivity contribution in [3.63, 3.8) is 0 Å². The van der Waals surface area contributed by atoms with E-state index in [-0.39, 0.29) is 16.6 Å². The molecule has 0 aliphatic rings. The lowest BCUT2D eigenvalue weighted by molar-refractivity contribution is -0.275. The van der Waals surface area contributed by atoms with Crippen LogP contribution in [0.25, 0.3) is 0 Å². The first kappa shape index (κ1) is 18.9. The maximum Gasteiger partial charge on any atom is 0.573 e. The maximum absolute atomic E-state index is 12.4. The second kappa shape index (κ2) is 7.18. The predicted octanol–water partition coefficient (Wildman–Crippen LogP) is 4.37. The van der Waals surface area contributed by atoms with Crippen LogP contribution in [0.5, 0.6) is 5.75 Å². The molecule has 24 heavy (non-hydrogen) atoms. The number of alkyl halides is 3. The third-order valence-corrected chi connectivity index (χ3v) is 5.15. The van der Waals surface area contributed by atoms with Gasteiger partial charge in [0, 0.05) is 6.54 Å². The summed E-state index contributed by atoms with van der Waals surface area (Å²) < 4.78 is 67.6. The highest BCUT2D eigenvalue weighted by atomic mass is 35.5. The summed E-state index contributed by atoms with van der Waals surface area (Å²) in [5.41, 5.74) is 0.377. The average Bonchev–Trinajstić information content (AvgIpc) is 2.47. The predicted molar refractivity (Wildman–Crippen MR) is 83.6 cm³/mol. The van der Waals surface area contributed by atoms with Gasteiger partial charge >= 0.3 is 6.36 Å². The highest BCUT2D eigenvalue weighted by molar-refractivity contribution is 7.89. The van der Waals surface area contributed by atoms with Gasteiger partial charge < -0.3 is 4.74 Å². The Morgan fingerprint density at radius 1 is 1.04 bits per heavy atom. The van der Waals surface area contributed by atoms with Gasteiger partial charge in [0.2, 0.25) is 10.0 Å². The van der Waals surface area contributed by atoms with Crippen molar-refractivity contribution in [2.75, 3.05) is 0 Å². The molecule has 2 aromatic rings. The number of sulfonamides is 1. The van der Waals surface area contributed by atoms with Crippen LogP contribution in [0, 0.1) is 0 Å². The molecule has 1 N–H and O–H groups in total. The molecule has 0 radical (unpaired) electrons. The van der Waals surface area contributed by atoms with Crippen molar-refractivity contribution in [2.45, 2.75) is 17.8 Å². The van der Waals surface area contributed by atoms with Crippen molar-refractivity contribution in [1.29, 1.82) is 0 Å². The molecule has 0 aromatic heterocycles. The van der Waals surface area contributed by atoms with Gasteiger partial charge in [0.05, 0.1) is 10.0 Å². The molecular formula is C14H10Cl2F3NO3S. The van der Waals surface area contributed by atoms with Gasteiger partial charge in [-0.15, -0.1) is 13.2 Å². The molecule has 4 nitrogen and oxygen atoms in total. The summed E-state index contributed by atoms with van der Waals surface area (Å²) in [5.74, 6) is -0.824. The number of ether oxygens (including phenoxy) is 1. The Labute approximate surface area is 146 Å². The van der Waals surface area contributed by atoms with E-state index in [0.29, 0.717) is 5.56 Å². The molecule has 2 rings (SSSR count). The van der Waals surface area contributed by atoms with Gasteiger partial charge in [-0.3, -0.25) is 0 Å². The van der Waals surface area contributed by atoms with Crippen molar-refractivity contribution in [3.05, 3.63) is 58.1 Å². The zero-order valence-corrected chi connectivity index (χ0v) is 14.1. The first-order valence-electron chi connectivity index (χ1n) is 6.37. The highest BCUT2D eigenvalue weighted by Gasteiger charge is 2.33. The molecule has 10 heteroatoms. The summed E-state index contributed by atoms with van der Waals surface area (Å²) in [4.78, 5) is -0.638. The Morgan fingerprint density at radius 3 is 2.38 bits per heavy atom. The smallest absolute Gasteiger partial charge is 0.404 e. The summed E-state index contributed by atoms with van der Waals surface area (Å²) >= 11 is 11.8. The van der Waals surface area contributed by atoms with Crippen LogP contribution in [0.1, 0.15) is 5.56 Å². The fourth-order valence-electron chi connectivity index (χ4n) is 1.82. The van der Waals surface area contributed by atoms with Crippen molar-refractivity contribution in [1.82, 2.24) is 4.72 Å². The summed E-state index contributed by atoms with van der Waals surface area (Å²) in [6, 6.07) is 9.05. The van der Waals surface area contributed by atoms with Crippen LogP contribution in [0.15, 0.2) is 47.4 Å². The van der Waals surface area contributed by atoms with Crippen LogP contribution >= 0.6 is 23.2 Å². The van der Waals surface area contributed by atoms with Crippen molar-refractivity contribution < 1.29 is 26.3 Å². The fraction of sp³-hybridized carbons (Fsp3) is 0.143. The van der Waals surface area contributed by atoms with E-state index >= 15 is 0 Å². The summed E-state index contributed by atoms with van der Waals surface area (Å²) in [5, 5.41) is 0.385. The molecule has 0 aliphatic carbocycles. The lowest BCUT2D eigenvalue weighted by Crippen LogP contribution is -2.25. The van der Waals surface area contributed by atoms with E-state index in [1.54, 1.807) is 6.07 Å². The molecule has 0 amide bonds. The highest BCUT2D eigenvalue weighted by Crippen LogP contribution is 2.30. The third-order valence-electron chi connectivity index (χ3n) is 2.85. The summed E-state index contributed by atoms with van der Waals surface area (Å²) in [6.07, 6.45) is -5.01. The molecule has 130 valence electrons. The molecule has 0 heterocycles. The Hall–Kier alpha value is -1.48. The summed E-state index contributed by atoms with van der Waals surface area (Å²) in [6.45, 7) is -0.248. The molecule has 0 unspecified atom stereocenters. The number of hydrogen-bond donors (Lipinski definition) is 1. The van der Waals surface area contributed by atoms with Crippen LogP contribution in [0.4, 0.5) is 13.2 Å². The van der Waals surface area contributed by atoms with E-state index < -0.39 is 27.0 Å². The molecule has 0 bridgehead atoms. The molecule has 0 saturated carbocycles. The van der Waals surface area contributed by atoms with Crippen molar-refractivity contribution in [2.24, 2.45) is 0 Å². The Morgan fingerprint density at radius 2 is 1.71 bits per heavy atom. The van der Waals surface area contributed by atoms with Crippen molar-refractivity contribution >= 4 is 33.2 Å². The number of para-hydroxylation sites is 1. The Bertz CT molecular complexity index is 841. The largest absolute Gasteiger partial charge is 0.573 e. The van der Waals surface area contributed by atoms with Gasteiger partial charge in [0.25, 0.3) is 0 Å². The Kier molecular flexibility index (Phi) is 5.64.